The van der Waals surface area contributed by atoms with Gasteiger partial charge in [0.05, 0.1) is 12.7 Å². The fourth-order valence-corrected chi connectivity index (χ4v) is 2.05. The summed E-state index contributed by atoms with van der Waals surface area (Å²) < 4.78 is 10.1. The Morgan fingerprint density at radius 2 is 2.22 bits per heavy atom. The average molecular weight is 250 g/mol. The van der Waals surface area contributed by atoms with Crippen LogP contribution in [-0.2, 0) is 9.47 Å². The standard InChI is InChI=1S/C13H18N2O3/c1-9-11(13(16)17-2)3-6-14-12(9)15-10-4-7-18-8-5-10/h3,6,10H,4-5,7-8H2,1-2H3,(H,14,15). The largest absolute Gasteiger partial charge is 0.465 e. The van der Waals surface area contributed by atoms with Gasteiger partial charge < -0.3 is 14.8 Å². The lowest BCUT2D eigenvalue weighted by Gasteiger charge is -2.24. The van der Waals surface area contributed by atoms with Crippen LogP contribution in [0.1, 0.15) is 28.8 Å². The lowest BCUT2D eigenvalue weighted by molar-refractivity contribution is 0.0599. The predicted octanol–water partition coefficient (Wildman–Crippen LogP) is 1.77. The van der Waals surface area contributed by atoms with Crippen molar-refractivity contribution in [3.63, 3.8) is 0 Å². The van der Waals surface area contributed by atoms with Crippen LogP contribution in [0, 0.1) is 6.92 Å². The lowest BCUT2D eigenvalue weighted by Crippen LogP contribution is -2.28. The number of hydrogen-bond acceptors (Lipinski definition) is 5. The molecule has 2 rings (SSSR count). The number of pyridine rings is 1. The molecule has 5 heteroatoms. The van der Waals surface area contributed by atoms with Crippen LogP contribution in [0.4, 0.5) is 5.82 Å². The van der Waals surface area contributed by atoms with E-state index >= 15 is 0 Å². The maximum absolute atomic E-state index is 11.6. The van der Waals surface area contributed by atoms with Crippen LogP contribution in [0.2, 0.25) is 0 Å². The van der Waals surface area contributed by atoms with Crippen molar-refractivity contribution in [2.75, 3.05) is 25.6 Å². The van der Waals surface area contributed by atoms with Gasteiger partial charge in [0.2, 0.25) is 0 Å². The fraction of sp³-hybridized carbons (Fsp3) is 0.538. The molecule has 0 aromatic carbocycles. The molecular formula is C13H18N2O3. The smallest absolute Gasteiger partial charge is 0.338 e. The summed E-state index contributed by atoms with van der Waals surface area (Å²) in [5, 5.41) is 3.37. The number of carbonyl (C=O) groups is 1. The van der Waals surface area contributed by atoms with Crippen molar-refractivity contribution in [3.8, 4) is 0 Å². The van der Waals surface area contributed by atoms with Gasteiger partial charge in [-0.1, -0.05) is 0 Å². The van der Waals surface area contributed by atoms with Crippen LogP contribution >= 0.6 is 0 Å². The molecule has 1 aliphatic rings. The van der Waals surface area contributed by atoms with E-state index in [9.17, 15) is 4.79 Å². The molecule has 18 heavy (non-hydrogen) atoms. The molecular weight excluding hydrogens is 232 g/mol. The zero-order valence-electron chi connectivity index (χ0n) is 10.7. The zero-order chi connectivity index (χ0) is 13.0. The Hall–Kier alpha value is -1.62. The molecule has 2 heterocycles. The first kappa shape index (κ1) is 12.8. The molecule has 0 unspecified atom stereocenters. The molecule has 1 fully saturated rings. The van der Waals surface area contributed by atoms with Crippen molar-refractivity contribution in [3.05, 3.63) is 23.4 Å². The summed E-state index contributed by atoms with van der Waals surface area (Å²) in [4.78, 5) is 15.9. The molecule has 0 radical (unpaired) electrons. The average Bonchev–Trinajstić information content (AvgIpc) is 2.41. The van der Waals surface area contributed by atoms with Crippen molar-refractivity contribution in [2.24, 2.45) is 0 Å². The van der Waals surface area contributed by atoms with Crippen molar-refractivity contribution in [1.29, 1.82) is 0 Å². The first-order chi connectivity index (χ1) is 8.72. The van der Waals surface area contributed by atoms with Crippen LogP contribution in [0.15, 0.2) is 12.3 Å². The maximum Gasteiger partial charge on any atom is 0.338 e. The van der Waals surface area contributed by atoms with Gasteiger partial charge in [0.1, 0.15) is 5.82 Å². The molecule has 98 valence electrons. The van der Waals surface area contributed by atoms with E-state index in [-0.39, 0.29) is 5.97 Å². The van der Waals surface area contributed by atoms with E-state index in [1.165, 1.54) is 7.11 Å². The van der Waals surface area contributed by atoms with E-state index in [0.717, 1.165) is 37.4 Å². The third-order valence-corrected chi connectivity index (χ3v) is 3.17. The number of aromatic nitrogens is 1. The number of rotatable bonds is 3. The monoisotopic (exact) mass is 250 g/mol. The number of esters is 1. The van der Waals surface area contributed by atoms with Gasteiger partial charge in [0.15, 0.2) is 0 Å². The van der Waals surface area contributed by atoms with E-state index < -0.39 is 0 Å². The minimum absolute atomic E-state index is 0.329. The molecule has 0 aliphatic carbocycles. The molecule has 1 saturated heterocycles. The second-order valence-corrected chi connectivity index (χ2v) is 4.35. The van der Waals surface area contributed by atoms with Crippen LogP contribution in [-0.4, -0.2) is 37.3 Å². The first-order valence-electron chi connectivity index (χ1n) is 6.10. The number of anilines is 1. The van der Waals surface area contributed by atoms with Gasteiger partial charge in [-0.2, -0.15) is 0 Å². The fourth-order valence-electron chi connectivity index (χ4n) is 2.05. The predicted molar refractivity (Wildman–Crippen MR) is 67.8 cm³/mol. The highest BCUT2D eigenvalue weighted by Gasteiger charge is 2.17. The topological polar surface area (TPSA) is 60.5 Å². The minimum atomic E-state index is -0.329. The van der Waals surface area contributed by atoms with Crippen molar-refractivity contribution < 1.29 is 14.3 Å². The zero-order valence-corrected chi connectivity index (χ0v) is 10.7. The van der Waals surface area contributed by atoms with Gasteiger partial charge in [-0.3, -0.25) is 0 Å². The van der Waals surface area contributed by atoms with Gasteiger partial charge in [0.25, 0.3) is 0 Å². The van der Waals surface area contributed by atoms with E-state index in [4.69, 9.17) is 9.47 Å². The third-order valence-electron chi connectivity index (χ3n) is 3.17. The van der Waals surface area contributed by atoms with Gasteiger partial charge in [0, 0.05) is 31.0 Å². The van der Waals surface area contributed by atoms with E-state index in [1.807, 2.05) is 6.92 Å². The van der Waals surface area contributed by atoms with Gasteiger partial charge in [-0.15, -0.1) is 0 Å². The Morgan fingerprint density at radius 1 is 1.50 bits per heavy atom. The molecule has 1 aromatic heterocycles. The highest BCUT2D eigenvalue weighted by molar-refractivity contribution is 5.92. The highest BCUT2D eigenvalue weighted by atomic mass is 16.5. The quantitative estimate of drug-likeness (QED) is 0.828. The summed E-state index contributed by atoms with van der Waals surface area (Å²) in [5.74, 6) is 0.426. The SMILES string of the molecule is COC(=O)c1ccnc(NC2CCOCC2)c1C. The molecule has 0 amide bonds. The van der Waals surface area contributed by atoms with E-state index in [0.29, 0.717) is 11.6 Å². The Morgan fingerprint density at radius 3 is 2.89 bits per heavy atom. The molecule has 0 atom stereocenters. The molecule has 1 aliphatic heterocycles. The van der Waals surface area contributed by atoms with Crippen molar-refractivity contribution in [1.82, 2.24) is 4.98 Å². The second-order valence-electron chi connectivity index (χ2n) is 4.35. The lowest BCUT2D eigenvalue weighted by atomic mass is 10.1. The van der Waals surface area contributed by atoms with E-state index in [1.54, 1.807) is 12.3 Å². The number of ether oxygens (including phenoxy) is 2. The Kier molecular flexibility index (Phi) is 4.15. The Labute approximate surface area is 107 Å². The molecule has 0 spiro atoms. The molecule has 1 N–H and O–H groups in total. The number of hydrogen-bond donors (Lipinski definition) is 1. The summed E-state index contributed by atoms with van der Waals surface area (Å²) in [5.41, 5.74) is 1.39. The molecule has 0 saturated carbocycles. The van der Waals surface area contributed by atoms with Gasteiger partial charge in [-0.25, -0.2) is 9.78 Å². The van der Waals surface area contributed by atoms with Crippen LogP contribution < -0.4 is 5.32 Å². The number of methoxy groups -OCH3 is 1. The summed E-state index contributed by atoms with van der Waals surface area (Å²) >= 11 is 0. The molecule has 5 nitrogen and oxygen atoms in total. The van der Waals surface area contributed by atoms with Crippen LogP contribution in [0.25, 0.3) is 0 Å². The summed E-state index contributed by atoms with van der Waals surface area (Å²) in [6.45, 7) is 3.42. The normalized spacial score (nSPS) is 16.3. The second kappa shape index (κ2) is 5.82. The third kappa shape index (κ3) is 2.79. The summed E-state index contributed by atoms with van der Waals surface area (Å²) in [7, 11) is 1.38. The summed E-state index contributed by atoms with van der Waals surface area (Å²) in [6.07, 6.45) is 3.55. The molecule has 0 bridgehead atoms. The Balaban J connectivity index is 2.15. The number of nitrogens with zero attached hydrogens (tertiary/aromatic N) is 1. The summed E-state index contributed by atoms with van der Waals surface area (Å²) in [6, 6.07) is 2.04. The van der Waals surface area contributed by atoms with Crippen LogP contribution in [0.3, 0.4) is 0 Å². The molecule has 1 aromatic rings. The maximum atomic E-state index is 11.6. The number of carbonyl (C=O) groups excluding carboxylic acids is 1. The van der Waals surface area contributed by atoms with E-state index in [2.05, 4.69) is 10.3 Å². The van der Waals surface area contributed by atoms with Gasteiger partial charge >= 0.3 is 5.97 Å². The Bertz CT molecular complexity index is 428. The van der Waals surface area contributed by atoms with Crippen molar-refractivity contribution >= 4 is 11.8 Å². The van der Waals surface area contributed by atoms with Crippen molar-refractivity contribution in [2.45, 2.75) is 25.8 Å². The minimum Gasteiger partial charge on any atom is -0.465 e. The number of nitrogens with one attached hydrogen (secondary N) is 1. The first-order valence-corrected chi connectivity index (χ1v) is 6.10. The highest BCUT2D eigenvalue weighted by Crippen LogP contribution is 2.20. The van der Waals surface area contributed by atoms with Crippen LogP contribution in [0.5, 0.6) is 0 Å². The van der Waals surface area contributed by atoms with Gasteiger partial charge in [-0.05, 0) is 25.8 Å².